The van der Waals surface area contributed by atoms with Crippen LogP contribution >= 0.6 is 0 Å². The van der Waals surface area contributed by atoms with E-state index in [4.69, 9.17) is 0 Å². The fraction of sp³-hybridized carbons (Fsp3) is 0.500. The van der Waals surface area contributed by atoms with Gasteiger partial charge < -0.3 is 30.6 Å². The molecular formula is C12H21N3O6. The number of aliphatic hydroxyl groups excluding tert-OH is 6. The van der Waals surface area contributed by atoms with Crippen molar-refractivity contribution in [2.45, 2.75) is 37.7 Å². The van der Waals surface area contributed by atoms with Crippen LogP contribution in [-0.2, 0) is 0 Å². The Labute approximate surface area is 122 Å². The molecule has 0 saturated carbocycles. The first-order chi connectivity index (χ1) is 9.81. The van der Waals surface area contributed by atoms with Crippen LogP contribution in [0.3, 0.4) is 0 Å². The Morgan fingerprint density at radius 2 is 0.810 bits per heavy atom. The van der Waals surface area contributed by atoms with E-state index in [-0.39, 0.29) is 0 Å². The van der Waals surface area contributed by atoms with Crippen molar-refractivity contribution in [3.8, 4) is 0 Å². The van der Waals surface area contributed by atoms with Crippen molar-refractivity contribution in [3.05, 3.63) is 38.0 Å². The maximum Gasteiger partial charge on any atom is 0.176 e. The van der Waals surface area contributed by atoms with E-state index >= 15 is 0 Å². The highest BCUT2D eigenvalue weighted by molar-refractivity contribution is 4.93. The zero-order chi connectivity index (χ0) is 16.3. The Morgan fingerprint density at radius 1 is 0.619 bits per heavy atom. The van der Waals surface area contributed by atoms with Crippen LogP contribution in [0, 0.1) is 0 Å². The highest BCUT2D eigenvalue weighted by Gasteiger charge is 2.49. The van der Waals surface area contributed by atoms with Crippen molar-refractivity contribution in [3.63, 3.8) is 0 Å². The molecule has 1 heterocycles. The van der Waals surface area contributed by atoms with E-state index in [0.717, 1.165) is 18.2 Å². The summed E-state index contributed by atoms with van der Waals surface area (Å²) in [6.07, 6.45) is -6.81. The summed E-state index contributed by atoms with van der Waals surface area (Å²) in [5.74, 6) is 0. The third-order valence-corrected chi connectivity index (χ3v) is 3.15. The van der Waals surface area contributed by atoms with Crippen LogP contribution in [0.5, 0.6) is 0 Å². The normalized spacial score (nSPS) is 33.1. The van der Waals surface area contributed by atoms with E-state index < -0.39 is 37.7 Å². The number of rotatable bonds is 6. The number of hydrogen-bond donors (Lipinski definition) is 6. The minimum Gasteiger partial charge on any atom is -0.374 e. The maximum absolute atomic E-state index is 10.1. The van der Waals surface area contributed by atoms with Crippen LogP contribution in [-0.4, -0.2) is 83.1 Å². The average Bonchev–Trinajstić information content (AvgIpc) is 2.46. The highest BCUT2D eigenvalue weighted by Crippen LogP contribution is 2.27. The molecule has 3 atom stereocenters. The minimum absolute atomic E-state index is 0.694. The molecule has 120 valence electrons. The molecule has 1 fully saturated rings. The molecule has 1 aliphatic rings. The van der Waals surface area contributed by atoms with Gasteiger partial charge in [-0.15, -0.1) is 0 Å². The fourth-order valence-electron chi connectivity index (χ4n) is 2.00. The van der Waals surface area contributed by atoms with Gasteiger partial charge in [-0.2, -0.15) is 14.7 Å². The van der Waals surface area contributed by atoms with Gasteiger partial charge in [0.15, 0.2) is 19.1 Å². The molecule has 0 aromatic carbocycles. The SMILES string of the molecule is C=CC(O)N1C(O)N(C(O)C=C)C(O)N(C(O)C=C)C1O. The average molecular weight is 303 g/mol. The fourth-order valence-corrected chi connectivity index (χ4v) is 2.00. The van der Waals surface area contributed by atoms with Crippen LogP contribution in [0.1, 0.15) is 0 Å². The van der Waals surface area contributed by atoms with Gasteiger partial charge in [0.2, 0.25) is 0 Å². The van der Waals surface area contributed by atoms with Gasteiger partial charge >= 0.3 is 0 Å². The Balaban J connectivity index is 3.25. The van der Waals surface area contributed by atoms with Gasteiger partial charge in [0.05, 0.1) is 0 Å². The summed E-state index contributed by atoms with van der Waals surface area (Å²) in [6, 6.07) is 0. The zero-order valence-corrected chi connectivity index (χ0v) is 11.3. The first kappa shape index (κ1) is 17.9. The van der Waals surface area contributed by atoms with Crippen LogP contribution < -0.4 is 0 Å². The molecule has 1 rings (SSSR count). The van der Waals surface area contributed by atoms with Crippen LogP contribution in [0.2, 0.25) is 0 Å². The highest BCUT2D eigenvalue weighted by atomic mass is 16.4. The predicted octanol–water partition coefficient (Wildman–Crippen LogP) is -2.75. The van der Waals surface area contributed by atoms with Gasteiger partial charge in [-0.25, -0.2) is 0 Å². The lowest BCUT2D eigenvalue weighted by Crippen LogP contribution is -2.75. The summed E-state index contributed by atoms with van der Waals surface area (Å²) in [5, 5.41) is 59.8. The van der Waals surface area contributed by atoms with Gasteiger partial charge in [0, 0.05) is 0 Å². The molecule has 21 heavy (non-hydrogen) atoms. The Bertz CT molecular complexity index is 326. The van der Waals surface area contributed by atoms with Gasteiger partial charge in [0.1, 0.15) is 18.7 Å². The quantitative estimate of drug-likeness (QED) is 0.289. The molecule has 0 aliphatic carbocycles. The number of hydrogen-bond acceptors (Lipinski definition) is 9. The zero-order valence-electron chi connectivity index (χ0n) is 11.3. The van der Waals surface area contributed by atoms with E-state index in [2.05, 4.69) is 19.7 Å². The second-order valence-electron chi connectivity index (χ2n) is 4.33. The molecule has 0 radical (unpaired) electrons. The molecule has 0 amide bonds. The molecule has 6 N–H and O–H groups in total. The molecule has 9 nitrogen and oxygen atoms in total. The molecular weight excluding hydrogens is 282 g/mol. The predicted molar refractivity (Wildman–Crippen MR) is 72.1 cm³/mol. The molecule has 0 aromatic heterocycles. The Morgan fingerprint density at radius 3 is 0.952 bits per heavy atom. The summed E-state index contributed by atoms with van der Waals surface area (Å²) < 4.78 is 0. The second-order valence-corrected chi connectivity index (χ2v) is 4.33. The van der Waals surface area contributed by atoms with E-state index in [1.807, 2.05) is 0 Å². The van der Waals surface area contributed by atoms with Crippen molar-refractivity contribution in [2.75, 3.05) is 0 Å². The summed E-state index contributed by atoms with van der Waals surface area (Å²) in [6.45, 7) is 9.98. The third-order valence-electron chi connectivity index (χ3n) is 3.15. The minimum atomic E-state index is -1.77. The molecule has 9 heteroatoms. The van der Waals surface area contributed by atoms with E-state index in [1.54, 1.807) is 0 Å². The van der Waals surface area contributed by atoms with Crippen molar-refractivity contribution in [1.82, 2.24) is 14.7 Å². The lowest BCUT2D eigenvalue weighted by molar-refractivity contribution is -0.389. The topological polar surface area (TPSA) is 131 Å². The van der Waals surface area contributed by atoms with Gasteiger partial charge in [-0.3, -0.25) is 0 Å². The van der Waals surface area contributed by atoms with Crippen molar-refractivity contribution >= 4 is 0 Å². The molecule has 1 saturated heterocycles. The number of nitrogens with zero attached hydrogens (tertiary/aromatic N) is 3. The first-order valence-electron chi connectivity index (χ1n) is 6.10. The molecule has 3 unspecified atom stereocenters. The monoisotopic (exact) mass is 303 g/mol. The largest absolute Gasteiger partial charge is 0.374 e. The summed E-state index contributed by atoms with van der Waals surface area (Å²) in [4.78, 5) is 2.08. The van der Waals surface area contributed by atoms with Crippen molar-refractivity contribution in [1.29, 1.82) is 0 Å². The van der Waals surface area contributed by atoms with Crippen LogP contribution in [0.4, 0.5) is 0 Å². The molecule has 0 spiro atoms. The van der Waals surface area contributed by atoms with E-state index in [1.165, 1.54) is 0 Å². The third kappa shape index (κ3) is 3.21. The van der Waals surface area contributed by atoms with Crippen molar-refractivity contribution in [2.24, 2.45) is 0 Å². The van der Waals surface area contributed by atoms with Gasteiger partial charge in [0.25, 0.3) is 0 Å². The smallest absolute Gasteiger partial charge is 0.176 e. The van der Waals surface area contributed by atoms with Gasteiger partial charge in [-0.1, -0.05) is 19.7 Å². The summed E-state index contributed by atoms with van der Waals surface area (Å²) in [7, 11) is 0. The Kier molecular flexibility index (Phi) is 6.16. The van der Waals surface area contributed by atoms with Crippen molar-refractivity contribution < 1.29 is 30.6 Å². The lowest BCUT2D eigenvalue weighted by Gasteiger charge is -2.54. The Hall–Kier alpha value is -1.14. The van der Waals surface area contributed by atoms with Crippen LogP contribution in [0.25, 0.3) is 0 Å². The molecule has 0 bridgehead atoms. The first-order valence-corrected chi connectivity index (χ1v) is 6.10. The number of aliphatic hydroxyl groups is 6. The summed E-state index contributed by atoms with van der Waals surface area (Å²) in [5.41, 5.74) is 0. The summed E-state index contributed by atoms with van der Waals surface area (Å²) >= 11 is 0. The lowest BCUT2D eigenvalue weighted by atomic mass is 10.3. The second kappa shape index (κ2) is 7.22. The van der Waals surface area contributed by atoms with Gasteiger partial charge in [-0.05, 0) is 18.2 Å². The van der Waals surface area contributed by atoms with E-state index in [0.29, 0.717) is 14.7 Å². The molecule has 0 aromatic rings. The molecule has 1 aliphatic heterocycles. The van der Waals surface area contributed by atoms with Crippen LogP contribution in [0.15, 0.2) is 38.0 Å². The standard InChI is InChI=1S/C12H21N3O6/c1-4-7(16)13-10(19)14(8(17)5-2)12(21)15(11(13)20)9(18)6-3/h4-12,16-21H,1-3H2. The maximum atomic E-state index is 10.1. The van der Waals surface area contributed by atoms with E-state index in [9.17, 15) is 30.6 Å².